The van der Waals surface area contributed by atoms with Crippen LogP contribution in [-0.4, -0.2) is 47.0 Å². The third-order valence-corrected chi connectivity index (χ3v) is 7.21. The van der Waals surface area contributed by atoms with Gasteiger partial charge in [-0.15, -0.1) is 22.7 Å². The number of halogens is 1. The Morgan fingerprint density at radius 2 is 2.00 bits per heavy atom. The summed E-state index contributed by atoms with van der Waals surface area (Å²) in [5.74, 6) is 0. The lowest BCUT2D eigenvalue weighted by Gasteiger charge is -2.34. The van der Waals surface area contributed by atoms with E-state index in [1.54, 1.807) is 22.7 Å². The quantitative estimate of drug-likeness (QED) is 0.745. The number of carbonyl (C=O) groups is 1. The Morgan fingerprint density at radius 1 is 1.27 bits per heavy atom. The third-order valence-electron chi connectivity index (χ3n) is 4.28. The largest absolute Gasteiger partial charge is 0.332 e. The van der Waals surface area contributed by atoms with Crippen molar-refractivity contribution in [2.75, 3.05) is 26.2 Å². The molecule has 0 saturated carbocycles. The third kappa shape index (κ3) is 5.28. The smallest absolute Gasteiger partial charge is 0.317 e. The molecule has 0 spiro atoms. The summed E-state index contributed by atoms with van der Waals surface area (Å²) in [6.07, 6.45) is 0. The van der Waals surface area contributed by atoms with Crippen molar-refractivity contribution in [3.63, 3.8) is 0 Å². The topological polar surface area (TPSA) is 48.5 Å². The van der Waals surface area contributed by atoms with Crippen LogP contribution in [0.3, 0.4) is 0 Å². The minimum atomic E-state index is 0.00817. The summed E-state index contributed by atoms with van der Waals surface area (Å²) >= 11 is 6.94. The number of hydrogen-bond donors (Lipinski definition) is 1. The highest BCUT2D eigenvalue weighted by Crippen LogP contribution is 2.25. The molecule has 8 heteroatoms. The number of amides is 2. The van der Waals surface area contributed by atoms with Gasteiger partial charge in [0.2, 0.25) is 0 Å². The number of thiophene rings is 1. The van der Waals surface area contributed by atoms with E-state index in [1.165, 1.54) is 8.66 Å². The van der Waals surface area contributed by atoms with Gasteiger partial charge in [-0.1, -0.05) is 20.8 Å². The first kappa shape index (κ1) is 19.8. The van der Waals surface area contributed by atoms with E-state index >= 15 is 0 Å². The van der Waals surface area contributed by atoms with Crippen LogP contribution in [0, 0.1) is 0 Å². The predicted molar refractivity (Wildman–Crippen MR) is 112 cm³/mol. The molecule has 3 heterocycles. The molecule has 0 unspecified atom stereocenters. The van der Waals surface area contributed by atoms with Gasteiger partial charge in [0, 0.05) is 48.4 Å². The van der Waals surface area contributed by atoms with E-state index in [2.05, 4.69) is 64.0 Å². The molecule has 0 aliphatic carbocycles. The molecular weight excluding hydrogens is 432 g/mol. The highest BCUT2D eigenvalue weighted by Gasteiger charge is 2.22. The molecular formula is C18H25BrN4OS2. The SMILES string of the molecule is CC(C)(C)c1nc(CNC(=O)N2CCN(Cc3ccc(Br)s3)CC2)cs1. The first-order valence-corrected chi connectivity index (χ1v) is 11.2. The van der Waals surface area contributed by atoms with Crippen LogP contribution < -0.4 is 5.32 Å². The molecule has 5 nitrogen and oxygen atoms in total. The normalized spacial score (nSPS) is 16.1. The van der Waals surface area contributed by atoms with Gasteiger partial charge < -0.3 is 10.2 Å². The standard InChI is InChI=1S/C18H25BrN4OS2/c1-18(2,3)16-21-13(12-25-16)10-20-17(24)23-8-6-22(7-9-23)11-14-4-5-15(19)26-14/h4-5,12H,6-11H2,1-3H3,(H,20,24). The van der Waals surface area contributed by atoms with Crippen molar-refractivity contribution < 1.29 is 4.79 Å². The molecule has 0 aromatic carbocycles. The summed E-state index contributed by atoms with van der Waals surface area (Å²) in [5.41, 5.74) is 0.997. The number of thiazole rings is 1. The van der Waals surface area contributed by atoms with Crippen LogP contribution in [0.5, 0.6) is 0 Å². The summed E-state index contributed by atoms with van der Waals surface area (Å²) in [5, 5.41) is 6.16. The Balaban J connectivity index is 1.43. The van der Waals surface area contributed by atoms with Crippen LogP contribution >= 0.6 is 38.6 Å². The van der Waals surface area contributed by atoms with Crippen LogP contribution in [0.2, 0.25) is 0 Å². The van der Waals surface area contributed by atoms with Gasteiger partial charge in [0.1, 0.15) is 0 Å². The molecule has 1 aliphatic rings. The zero-order chi connectivity index (χ0) is 18.7. The van der Waals surface area contributed by atoms with Crippen molar-refractivity contribution in [2.24, 2.45) is 0 Å². The Bertz CT molecular complexity index is 744. The van der Waals surface area contributed by atoms with E-state index < -0.39 is 0 Å². The van der Waals surface area contributed by atoms with Gasteiger partial charge in [-0.3, -0.25) is 4.90 Å². The van der Waals surface area contributed by atoms with Gasteiger partial charge in [0.25, 0.3) is 0 Å². The molecule has 3 rings (SSSR count). The number of carbonyl (C=O) groups excluding carboxylic acids is 1. The van der Waals surface area contributed by atoms with Crippen molar-refractivity contribution in [3.8, 4) is 0 Å². The maximum Gasteiger partial charge on any atom is 0.317 e. The summed E-state index contributed by atoms with van der Waals surface area (Å²) < 4.78 is 1.17. The molecule has 142 valence electrons. The van der Waals surface area contributed by atoms with Gasteiger partial charge in [-0.25, -0.2) is 9.78 Å². The molecule has 2 aromatic rings. The van der Waals surface area contributed by atoms with Gasteiger partial charge in [0.15, 0.2) is 0 Å². The van der Waals surface area contributed by atoms with Crippen LogP contribution in [0.15, 0.2) is 21.3 Å². The Morgan fingerprint density at radius 3 is 2.58 bits per heavy atom. The fourth-order valence-electron chi connectivity index (χ4n) is 2.78. The van der Waals surface area contributed by atoms with Gasteiger partial charge >= 0.3 is 6.03 Å². The Kier molecular flexibility index (Phi) is 6.37. The minimum absolute atomic E-state index is 0.00817. The zero-order valence-corrected chi connectivity index (χ0v) is 18.6. The molecule has 1 saturated heterocycles. The summed E-state index contributed by atoms with van der Waals surface area (Å²) in [6, 6.07) is 4.26. The molecule has 1 aliphatic heterocycles. The summed E-state index contributed by atoms with van der Waals surface area (Å²) in [6.45, 7) is 11.3. The van der Waals surface area contributed by atoms with Gasteiger partial charge in [0.05, 0.1) is 21.0 Å². The van der Waals surface area contributed by atoms with Gasteiger partial charge in [-0.2, -0.15) is 0 Å². The molecule has 1 N–H and O–H groups in total. The van der Waals surface area contributed by atoms with Crippen molar-refractivity contribution in [1.29, 1.82) is 0 Å². The molecule has 1 fully saturated rings. The number of rotatable bonds is 4. The second-order valence-electron chi connectivity index (χ2n) is 7.52. The molecule has 0 bridgehead atoms. The van der Waals surface area contributed by atoms with Crippen molar-refractivity contribution in [2.45, 2.75) is 39.3 Å². The number of urea groups is 1. The zero-order valence-electron chi connectivity index (χ0n) is 15.4. The van der Waals surface area contributed by atoms with Crippen LogP contribution in [-0.2, 0) is 18.5 Å². The minimum Gasteiger partial charge on any atom is -0.332 e. The van der Waals surface area contributed by atoms with E-state index in [1.807, 2.05) is 10.3 Å². The van der Waals surface area contributed by atoms with E-state index in [0.29, 0.717) is 6.54 Å². The van der Waals surface area contributed by atoms with E-state index in [-0.39, 0.29) is 11.4 Å². The lowest BCUT2D eigenvalue weighted by molar-refractivity contribution is 0.135. The molecule has 2 aromatic heterocycles. The fraction of sp³-hybridized carbons (Fsp3) is 0.556. The molecule has 0 radical (unpaired) electrons. The number of hydrogen-bond acceptors (Lipinski definition) is 5. The maximum absolute atomic E-state index is 12.4. The Hall–Kier alpha value is -0.960. The fourth-order valence-corrected chi connectivity index (χ4v) is 5.21. The van der Waals surface area contributed by atoms with Crippen molar-refractivity contribution in [3.05, 3.63) is 36.9 Å². The number of nitrogens with zero attached hydrogens (tertiary/aromatic N) is 3. The molecule has 0 atom stereocenters. The van der Waals surface area contributed by atoms with Crippen LogP contribution in [0.25, 0.3) is 0 Å². The first-order valence-electron chi connectivity index (χ1n) is 8.75. The number of piperazine rings is 1. The van der Waals surface area contributed by atoms with E-state index in [4.69, 9.17) is 0 Å². The maximum atomic E-state index is 12.4. The summed E-state index contributed by atoms with van der Waals surface area (Å²) in [4.78, 5) is 22.7. The Labute approximate surface area is 171 Å². The highest BCUT2D eigenvalue weighted by molar-refractivity contribution is 9.11. The first-order chi connectivity index (χ1) is 12.3. The lowest BCUT2D eigenvalue weighted by Crippen LogP contribution is -2.51. The number of aromatic nitrogens is 1. The predicted octanol–water partition coefficient (Wildman–Crippen LogP) is 4.29. The van der Waals surface area contributed by atoms with Gasteiger partial charge in [-0.05, 0) is 28.1 Å². The summed E-state index contributed by atoms with van der Waals surface area (Å²) in [7, 11) is 0. The van der Waals surface area contributed by atoms with E-state index in [9.17, 15) is 4.79 Å². The van der Waals surface area contributed by atoms with Crippen LogP contribution in [0.4, 0.5) is 4.79 Å². The lowest BCUT2D eigenvalue weighted by atomic mass is 9.98. The monoisotopic (exact) mass is 456 g/mol. The average Bonchev–Trinajstić information content (AvgIpc) is 3.22. The highest BCUT2D eigenvalue weighted by atomic mass is 79.9. The van der Waals surface area contributed by atoms with E-state index in [0.717, 1.165) is 43.4 Å². The second kappa shape index (κ2) is 8.37. The number of nitrogens with one attached hydrogen (secondary N) is 1. The second-order valence-corrected chi connectivity index (χ2v) is 10.9. The van der Waals surface area contributed by atoms with Crippen molar-refractivity contribution >= 4 is 44.6 Å². The van der Waals surface area contributed by atoms with Crippen molar-refractivity contribution in [1.82, 2.24) is 20.1 Å². The molecule has 26 heavy (non-hydrogen) atoms. The average molecular weight is 457 g/mol. The molecule has 2 amide bonds. The van der Waals surface area contributed by atoms with Crippen LogP contribution in [0.1, 0.15) is 36.3 Å².